The molecule has 0 N–H and O–H groups in total. The summed E-state index contributed by atoms with van der Waals surface area (Å²) in [5.74, 6) is -0.156. The zero-order chi connectivity index (χ0) is 27.6. The van der Waals surface area contributed by atoms with Crippen LogP contribution in [0.2, 0.25) is 0 Å². The number of ether oxygens (including phenoxy) is 1. The van der Waals surface area contributed by atoms with Gasteiger partial charge < -0.3 is 24.3 Å². The predicted molar refractivity (Wildman–Crippen MR) is 152 cm³/mol. The number of para-hydroxylation sites is 1. The number of aromatic nitrogens is 3. The van der Waals surface area contributed by atoms with Crippen molar-refractivity contribution in [2.24, 2.45) is 0 Å². The molecule has 2 fully saturated rings. The SMILES string of the molecule is Cc1cc(CN(Cc2cn(C3COC3)c3ccccc3c2=O)[C@H]2CCCN(c3ccc([N+](=O)[O-])nc3)C2)ccn1. The fourth-order valence-electron chi connectivity index (χ4n) is 5.79. The number of benzene rings is 1. The monoisotopic (exact) mass is 540 g/mol. The second-order valence-electron chi connectivity index (χ2n) is 10.7. The third-order valence-corrected chi connectivity index (χ3v) is 7.94. The minimum absolute atomic E-state index is 0.0650. The van der Waals surface area contributed by atoms with Crippen LogP contribution in [0.4, 0.5) is 11.5 Å². The third-order valence-electron chi connectivity index (χ3n) is 7.94. The molecule has 0 unspecified atom stereocenters. The van der Waals surface area contributed by atoms with E-state index in [1.165, 1.54) is 6.07 Å². The van der Waals surface area contributed by atoms with Crippen molar-refractivity contribution >= 4 is 22.4 Å². The van der Waals surface area contributed by atoms with Crippen LogP contribution in [0, 0.1) is 17.0 Å². The van der Waals surface area contributed by atoms with Gasteiger partial charge in [-0.1, -0.05) is 12.1 Å². The number of rotatable bonds is 8. The van der Waals surface area contributed by atoms with Crippen molar-refractivity contribution in [2.45, 2.75) is 44.9 Å². The maximum Gasteiger partial charge on any atom is 0.363 e. The van der Waals surface area contributed by atoms with E-state index in [4.69, 9.17) is 4.74 Å². The molecule has 2 aliphatic heterocycles. The summed E-state index contributed by atoms with van der Waals surface area (Å²) in [7, 11) is 0. The van der Waals surface area contributed by atoms with E-state index in [1.807, 2.05) is 49.6 Å². The number of aryl methyl sites for hydroxylation is 1. The predicted octanol–water partition coefficient (Wildman–Crippen LogP) is 4.25. The zero-order valence-electron chi connectivity index (χ0n) is 22.5. The minimum atomic E-state index is -0.479. The van der Waals surface area contributed by atoms with Gasteiger partial charge >= 0.3 is 5.82 Å². The van der Waals surface area contributed by atoms with Gasteiger partial charge in [-0.25, -0.2) is 0 Å². The van der Waals surface area contributed by atoms with Crippen LogP contribution in [0.5, 0.6) is 0 Å². The summed E-state index contributed by atoms with van der Waals surface area (Å²) >= 11 is 0. The molecular weight excluding hydrogens is 508 g/mol. The molecule has 0 saturated carbocycles. The Kier molecular flexibility index (Phi) is 7.27. The Morgan fingerprint density at radius 2 is 1.98 bits per heavy atom. The summed E-state index contributed by atoms with van der Waals surface area (Å²) in [6.45, 7) is 6.06. The third kappa shape index (κ3) is 5.32. The Labute approximate surface area is 232 Å². The Morgan fingerprint density at radius 3 is 2.70 bits per heavy atom. The van der Waals surface area contributed by atoms with Crippen LogP contribution in [-0.4, -0.2) is 56.7 Å². The molecule has 0 aliphatic carbocycles. The van der Waals surface area contributed by atoms with Crippen molar-refractivity contribution in [3.8, 4) is 0 Å². The fourth-order valence-corrected chi connectivity index (χ4v) is 5.79. The second-order valence-corrected chi connectivity index (χ2v) is 10.7. The molecule has 206 valence electrons. The molecule has 0 amide bonds. The number of piperidine rings is 1. The number of hydrogen-bond donors (Lipinski definition) is 0. The van der Waals surface area contributed by atoms with E-state index in [9.17, 15) is 14.9 Å². The average molecular weight is 541 g/mol. The van der Waals surface area contributed by atoms with Crippen molar-refractivity contribution in [2.75, 3.05) is 31.2 Å². The molecule has 2 saturated heterocycles. The molecule has 0 spiro atoms. The molecule has 0 bridgehead atoms. The summed E-state index contributed by atoms with van der Waals surface area (Å²) in [6.07, 6.45) is 7.40. The van der Waals surface area contributed by atoms with E-state index in [0.717, 1.165) is 59.3 Å². The smallest absolute Gasteiger partial charge is 0.363 e. The molecule has 5 heterocycles. The molecular formula is C30H32N6O4. The standard InChI is InChI=1S/C30H32N6O4/c1-21-13-22(10-11-31-21)15-34(25-5-4-12-33(18-25)24-8-9-29(32-14-24)36(38)39)16-23-17-35(26-19-40-20-26)28-7-3-2-6-27(28)30(23)37/h2-3,6-11,13-14,17,25-26H,4-5,12,15-16,18-20H2,1H3/t25-/m0/s1. The van der Waals surface area contributed by atoms with Crippen LogP contribution in [0.1, 0.15) is 35.7 Å². The molecule has 4 aromatic rings. The first-order chi connectivity index (χ1) is 19.5. The Bertz CT molecular complexity index is 1580. The lowest BCUT2D eigenvalue weighted by atomic mass is 10.0. The van der Waals surface area contributed by atoms with Crippen molar-refractivity contribution in [1.29, 1.82) is 0 Å². The van der Waals surface area contributed by atoms with Gasteiger partial charge in [0.2, 0.25) is 0 Å². The number of anilines is 1. The summed E-state index contributed by atoms with van der Waals surface area (Å²) in [5, 5.41) is 11.8. The highest BCUT2D eigenvalue weighted by Crippen LogP contribution is 2.27. The summed E-state index contributed by atoms with van der Waals surface area (Å²) in [4.78, 5) is 37.4. The quantitative estimate of drug-likeness (QED) is 0.241. The Hall–Kier alpha value is -4.15. The van der Waals surface area contributed by atoms with E-state index < -0.39 is 4.92 Å². The van der Waals surface area contributed by atoms with Crippen molar-refractivity contribution in [3.63, 3.8) is 0 Å². The summed E-state index contributed by atoms with van der Waals surface area (Å²) in [5.41, 5.74) is 4.75. The molecule has 10 nitrogen and oxygen atoms in total. The summed E-state index contributed by atoms with van der Waals surface area (Å²) < 4.78 is 7.69. The number of fused-ring (bicyclic) bond motifs is 1. The molecule has 1 atom stereocenters. The van der Waals surface area contributed by atoms with Crippen LogP contribution in [0.15, 0.2) is 71.9 Å². The highest BCUT2D eigenvalue weighted by atomic mass is 16.6. The summed E-state index contributed by atoms with van der Waals surface area (Å²) in [6, 6.07) is 15.6. The first kappa shape index (κ1) is 26.1. The molecule has 0 radical (unpaired) electrons. The fraction of sp³-hybridized carbons (Fsp3) is 0.367. The van der Waals surface area contributed by atoms with Crippen LogP contribution in [0.3, 0.4) is 0 Å². The lowest BCUT2D eigenvalue weighted by molar-refractivity contribution is -0.389. The van der Waals surface area contributed by atoms with Crippen molar-refractivity contribution in [3.05, 3.63) is 104 Å². The number of pyridine rings is 3. The molecule has 1 aromatic carbocycles. The lowest BCUT2D eigenvalue weighted by Crippen LogP contribution is -2.48. The van der Waals surface area contributed by atoms with Gasteiger partial charge in [0.1, 0.15) is 0 Å². The van der Waals surface area contributed by atoms with E-state index in [2.05, 4.69) is 30.4 Å². The van der Waals surface area contributed by atoms with Crippen molar-refractivity contribution in [1.82, 2.24) is 19.4 Å². The highest BCUT2D eigenvalue weighted by molar-refractivity contribution is 5.79. The number of hydrogen-bond acceptors (Lipinski definition) is 8. The van der Waals surface area contributed by atoms with E-state index >= 15 is 0 Å². The molecule has 40 heavy (non-hydrogen) atoms. The van der Waals surface area contributed by atoms with E-state index in [0.29, 0.717) is 26.3 Å². The van der Waals surface area contributed by atoms with Crippen molar-refractivity contribution < 1.29 is 9.66 Å². The van der Waals surface area contributed by atoms with Gasteiger partial charge in [-0.05, 0) is 65.6 Å². The maximum absolute atomic E-state index is 13.8. The van der Waals surface area contributed by atoms with E-state index in [1.54, 1.807) is 12.3 Å². The molecule has 6 rings (SSSR count). The Balaban J connectivity index is 1.33. The molecule has 3 aromatic heterocycles. The van der Waals surface area contributed by atoms with Crippen LogP contribution >= 0.6 is 0 Å². The lowest BCUT2D eigenvalue weighted by Gasteiger charge is -2.40. The van der Waals surface area contributed by atoms with Gasteiger partial charge in [-0.2, -0.15) is 0 Å². The minimum Gasteiger partial charge on any atom is -0.377 e. The van der Waals surface area contributed by atoms with Crippen LogP contribution < -0.4 is 10.3 Å². The average Bonchev–Trinajstić information content (AvgIpc) is 2.94. The number of nitrogens with zero attached hydrogens (tertiary/aromatic N) is 6. The van der Waals surface area contributed by atoms with Gasteiger partial charge in [0.05, 0.1) is 30.5 Å². The van der Waals surface area contributed by atoms with Gasteiger partial charge in [0, 0.05) is 67.3 Å². The van der Waals surface area contributed by atoms with Gasteiger partial charge in [0.15, 0.2) is 11.6 Å². The van der Waals surface area contributed by atoms with Crippen LogP contribution in [0.25, 0.3) is 10.9 Å². The zero-order valence-corrected chi connectivity index (χ0v) is 22.5. The van der Waals surface area contributed by atoms with Gasteiger partial charge in [-0.3, -0.25) is 14.7 Å². The normalized spacial score (nSPS) is 17.8. The first-order valence-electron chi connectivity index (χ1n) is 13.7. The number of nitro groups is 1. The van der Waals surface area contributed by atoms with Gasteiger partial charge in [-0.15, -0.1) is 0 Å². The maximum atomic E-state index is 13.8. The van der Waals surface area contributed by atoms with E-state index in [-0.39, 0.29) is 23.3 Å². The largest absolute Gasteiger partial charge is 0.377 e. The van der Waals surface area contributed by atoms with Crippen LogP contribution in [-0.2, 0) is 17.8 Å². The molecule has 2 aliphatic rings. The Morgan fingerprint density at radius 1 is 1.12 bits per heavy atom. The van der Waals surface area contributed by atoms with Gasteiger partial charge in [0.25, 0.3) is 0 Å². The highest BCUT2D eigenvalue weighted by Gasteiger charge is 2.29. The topological polar surface area (TPSA) is 107 Å². The molecule has 10 heteroatoms. The second kappa shape index (κ2) is 11.1. The first-order valence-corrected chi connectivity index (χ1v) is 13.7.